The third-order valence-corrected chi connectivity index (χ3v) is 9.94. The SMILES string of the molecule is CC(=O)OC1CC[C@@]2(C)C(CC[C@H]3[C@@H]4CC[C@H](C(C)OC(C)=O)[C@@]4(C)CC[C@@H]32)C1. The van der Waals surface area contributed by atoms with Crippen LogP contribution < -0.4 is 0 Å². The minimum atomic E-state index is -0.143. The van der Waals surface area contributed by atoms with Gasteiger partial charge < -0.3 is 9.47 Å². The van der Waals surface area contributed by atoms with Crippen LogP contribution in [0.15, 0.2) is 0 Å². The summed E-state index contributed by atoms with van der Waals surface area (Å²) in [6, 6.07) is 0. The van der Waals surface area contributed by atoms with Crippen LogP contribution in [0.5, 0.6) is 0 Å². The predicted octanol–water partition coefficient (Wildman–Crippen LogP) is 5.53. The molecule has 4 rings (SSSR count). The van der Waals surface area contributed by atoms with Gasteiger partial charge in [0.2, 0.25) is 0 Å². The van der Waals surface area contributed by atoms with E-state index in [1.54, 1.807) is 6.92 Å². The number of fused-ring (bicyclic) bond motifs is 5. The van der Waals surface area contributed by atoms with E-state index >= 15 is 0 Å². The van der Waals surface area contributed by atoms with E-state index in [4.69, 9.17) is 9.47 Å². The zero-order chi connectivity index (χ0) is 21.0. The van der Waals surface area contributed by atoms with Crippen molar-refractivity contribution in [2.75, 3.05) is 0 Å². The largest absolute Gasteiger partial charge is 0.463 e. The lowest BCUT2D eigenvalue weighted by molar-refractivity contribution is -0.164. The van der Waals surface area contributed by atoms with E-state index in [9.17, 15) is 9.59 Å². The molecule has 0 aromatic rings. The summed E-state index contributed by atoms with van der Waals surface area (Å²) in [5.41, 5.74) is 0.717. The van der Waals surface area contributed by atoms with Crippen LogP contribution in [0.3, 0.4) is 0 Å². The monoisotopic (exact) mass is 404 g/mol. The van der Waals surface area contributed by atoms with Crippen molar-refractivity contribution in [1.29, 1.82) is 0 Å². The first kappa shape index (κ1) is 21.2. The standard InChI is InChI=1S/C25H40O4/c1-15(28-16(2)26)21-8-9-22-20-7-6-18-14-19(29-17(3)27)10-12-24(18,4)23(20)11-13-25(21,22)5/h15,18-23H,6-14H2,1-5H3/t15?,18?,19?,20-,21+,22-,23-,24-,25+/m0/s1. The molecule has 0 N–H and O–H groups in total. The Labute approximate surface area is 176 Å². The molecule has 0 spiro atoms. The van der Waals surface area contributed by atoms with Crippen LogP contribution in [0.25, 0.3) is 0 Å². The molecule has 0 aliphatic heterocycles. The molecule has 4 aliphatic carbocycles. The van der Waals surface area contributed by atoms with Gasteiger partial charge in [-0.2, -0.15) is 0 Å². The first-order valence-electron chi connectivity index (χ1n) is 12.0. The number of hydrogen-bond acceptors (Lipinski definition) is 4. The highest BCUT2D eigenvalue weighted by Gasteiger charge is 2.61. The topological polar surface area (TPSA) is 52.6 Å². The van der Waals surface area contributed by atoms with Crippen molar-refractivity contribution in [1.82, 2.24) is 0 Å². The van der Waals surface area contributed by atoms with Crippen LogP contribution in [0.1, 0.15) is 92.4 Å². The average molecular weight is 405 g/mol. The van der Waals surface area contributed by atoms with E-state index in [0.29, 0.717) is 22.7 Å². The smallest absolute Gasteiger partial charge is 0.302 e. The molecule has 4 aliphatic rings. The molecule has 29 heavy (non-hydrogen) atoms. The maximum absolute atomic E-state index is 11.5. The molecule has 0 aromatic carbocycles. The van der Waals surface area contributed by atoms with Crippen molar-refractivity contribution in [2.45, 2.75) is 105 Å². The molecule has 4 fully saturated rings. The first-order valence-corrected chi connectivity index (χ1v) is 12.0. The van der Waals surface area contributed by atoms with Crippen molar-refractivity contribution in [3.63, 3.8) is 0 Å². The van der Waals surface area contributed by atoms with Gasteiger partial charge in [0.05, 0.1) is 0 Å². The van der Waals surface area contributed by atoms with Crippen LogP contribution in [-0.4, -0.2) is 24.1 Å². The van der Waals surface area contributed by atoms with Crippen molar-refractivity contribution in [3.8, 4) is 0 Å². The Morgan fingerprint density at radius 3 is 2.24 bits per heavy atom. The minimum Gasteiger partial charge on any atom is -0.463 e. The van der Waals surface area contributed by atoms with Gasteiger partial charge in [-0.15, -0.1) is 0 Å². The predicted molar refractivity (Wildman–Crippen MR) is 112 cm³/mol. The van der Waals surface area contributed by atoms with Gasteiger partial charge in [0.15, 0.2) is 0 Å². The lowest BCUT2D eigenvalue weighted by atomic mass is 9.44. The molecule has 4 nitrogen and oxygen atoms in total. The number of esters is 2. The zero-order valence-electron chi connectivity index (χ0n) is 19.0. The molecule has 0 aromatic heterocycles. The third kappa shape index (κ3) is 3.53. The first-order chi connectivity index (χ1) is 13.6. The van der Waals surface area contributed by atoms with Gasteiger partial charge in [-0.25, -0.2) is 0 Å². The Morgan fingerprint density at radius 2 is 1.55 bits per heavy atom. The molecule has 0 heterocycles. The Balaban J connectivity index is 1.50. The second-order valence-electron chi connectivity index (χ2n) is 11.2. The van der Waals surface area contributed by atoms with Gasteiger partial charge in [0.1, 0.15) is 12.2 Å². The minimum absolute atomic E-state index is 0.0325. The molecule has 0 radical (unpaired) electrons. The summed E-state index contributed by atoms with van der Waals surface area (Å²) in [5.74, 6) is 3.32. The molecule has 0 bridgehead atoms. The van der Waals surface area contributed by atoms with Crippen molar-refractivity contribution < 1.29 is 19.1 Å². The summed E-state index contributed by atoms with van der Waals surface area (Å²) >= 11 is 0. The summed E-state index contributed by atoms with van der Waals surface area (Å²) in [6.45, 7) is 10.2. The van der Waals surface area contributed by atoms with E-state index < -0.39 is 0 Å². The fourth-order valence-corrected chi connectivity index (χ4v) is 8.72. The Hall–Kier alpha value is -1.06. The lowest BCUT2D eigenvalue weighted by Gasteiger charge is -2.61. The molecule has 164 valence electrons. The molecule has 4 saturated carbocycles. The second kappa shape index (κ2) is 7.57. The Morgan fingerprint density at radius 1 is 0.862 bits per heavy atom. The van der Waals surface area contributed by atoms with E-state index in [0.717, 1.165) is 30.6 Å². The van der Waals surface area contributed by atoms with Crippen LogP contribution >= 0.6 is 0 Å². The fourth-order valence-electron chi connectivity index (χ4n) is 8.72. The van der Waals surface area contributed by atoms with E-state index in [2.05, 4.69) is 20.8 Å². The molecule has 0 saturated heterocycles. The Bertz CT molecular complexity index is 659. The van der Waals surface area contributed by atoms with Gasteiger partial charge in [0.25, 0.3) is 0 Å². The van der Waals surface area contributed by atoms with Gasteiger partial charge in [-0.3, -0.25) is 9.59 Å². The summed E-state index contributed by atoms with van der Waals surface area (Å²) in [6.07, 6.45) is 11.2. The molecular weight excluding hydrogens is 364 g/mol. The molecule has 0 amide bonds. The summed E-state index contributed by atoms with van der Waals surface area (Å²) < 4.78 is 11.3. The average Bonchev–Trinajstić information content (AvgIpc) is 2.98. The van der Waals surface area contributed by atoms with Crippen LogP contribution in [0.4, 0.5) is 0 Å². The number of ether oxygens (including phenoxy) is 2. The molecule has 3 unspecified atom stereocenters. The van der Waals surface area contributed by atoms with Gasteiger partial charge in [-0.1, -0.05) is 13.8 Å². The maximum atomic E-state index is 11.5. The van der Waals surface area contributed by atoms with E-state index in [1.165, 1.54) is 51.9 Å². The van der Waals surface area contributed by atoms with E-state index in [1.807, 2.05) is 0 Å². The normalized spacial score (nSPS) is 47.3. The quantitative estimate of drug-likeness (QED) is 0.581. The van der Waals surface area contributed by atoms with Crippen molar-refractivity contribution in [2.24, 2.45) is 40.4 Å². The molecular formula is C25H40O4. The van der Waals surface area contributed by atoms with Crippen LogP contribution in [-0.2, 0) is 19.1 Å². The van der Waals surface area contributed by atoms with Gasteiger partial charge in [-0.05, 0) is 99.2 Å². The number of rotatable bonds is 3. The summed E-state index contributed by atoms with van der Waals surface area (Å²) in [7, 11) is 0. The Kier molecular flexibility index (Phi) is 5.53. The fraction of sp³-hybridized carbons (Fsp3) is 0.920. The highest BCUT2D eigenvalue weighted by atomic mass is 16.5. The van der Waals surface area contributed by atoms with Crippen molar-refractivity contribution in [3.05, 3.63) is 0 Å². The lowest BCUT2D eigenvalue weighted by Crippen LogP contribution is -2.54. The van der Waals surface area contributed by atoms with Crippen LogP contribution in [0.2, 0.25) is 0 Å². The number of hydrogen-bond donors (Lipinski definition) is 0. The van der Waals surface area contributed by atoms with Crippen molar-refractivity contribution >= 4 is 11.9 Å². The molecule has 4 heteroatoms. The maximum Gasteiger partial charge on any atom is 0.302 e. The highest BCUT2D eigenvalue weighted by Crippen LogP contribution is 2.68. The zero-order valence-corrected chi connectivity index (χ0v) is 19.0. The third-order valence-electron chi connectivity index (χ3n) is 9.94. The van der Waals surface area contributed by atoms with Gasteiger partial charge in [0, 0.05) is 19.8 Å². The number of carbonyl (C=O) groups excluding carboxylic acids is 2. The van der Waals surface area contributed by atoms with Crippen LogP contribution in [0, 0.1) is 40.4 Å². The summed E-state index contributed by atoms with van der Waals surface area (Å²) in [4.78, 5) is 23.0. The van der Waals surface area contributed by atoms with E-state index in [-0.39, 0.29) is 24.1 Å². The highest BCUT2D eigenvalue weighted by molar-refractivity contribution is 5.66. The van der Waals surface area contributed by atoms with Gasteiger partial charge >= 0.3 is 11.9 Å². The molecule has 9 atom stereocenters. The second-order valence-corrected chi connectivity index (χ2v) is 11.2. The summed E-state index contributed by atoms with van der Waals surface area (Å²) in [5, 5.41) is 0. The number of carbonyl (C=O) groups is 2.